The van der Waals surface area contributed by atoms with Crippen molar-refractivity contribution in [1.29, 1.82) is 0 Å². The van der Waals surface area contributed by atoms with Crippen LogP contribution in [0.25, 0.3) is 0 Å². The number of carbonyl (C=O) groups is 4. The van der Waals surface area contributed by atoms with Crippen LogP contribution in [0.2, 0.25) is 0 Å². The molecule has 62 heavy (non-hydrogen) atoms. The number of amides is 3. The fourth-order valence-corrected chi connectivity index (χ4v) is 8.77. The predicted molar refractivity (Wildman–Crippen MR) is 237 cm³/mol. The average molecular weight is 834 g/mol. The monoisotopic (exact) mass is 833 g/mol. The molecule has 0 saturated carbocycles. The van der Waals surface area contributed by atoms with Gasteiger partial charge in [-0.1, -0.05) is 43.3 Å². The first-order valence-corrected chi connectivity index (χ1v) is 20.9. The molecule has 3 amide bonds. The zero-order valence-corrected chi connectivity index (χ0v) is 35.1. The van der Waals surface area contributed by atoms with Crippen LogP contribution in [-0.4, -0.2) is 69.6 Å². The van der Waals surface area contributed by atoms with E-state index in [1.54, 1.807) is 41.2 Å². The predicted octanol–water partition coefficient (Wildman–Crippen LogP) is 7.87. The highest BCUT2D eigenvalue weighted by Gasteiger charge is 2.42. The third-order valence-electron chi connectivity index (χ3n) is 12.0. The Kier molecular flexibility index (Phi) is 10.9. The highest BCUT2D eigenvalue weighted by atomic mass is 16.5. The number of hydrogen-bond donors (Lipinski definition) is 1. The second kappa shape index (κ2) is 16.7. The summed E-state index contributed by atoms with van der Waals surface area (Å²) in [5.41, 5.74) is 7.78. The van der Waals surface area contributed by atoms with Crippen LogP contribution in [-0.2, 0) is 35.6 Å². The molecule has 0 aliphatic carbocycles. The standard InChI is InChI=1S/C49H47N5O8/c1-5-35(55)13-10-16-52(2)33-18-29(27-61-45-24-38-36(22-43(45)59-3)48(57)53-34(26-50-38)20-31-11-6-8-14-40(31)53)17-30(19-33)28-62-46-25-39-37(23-44(46)60-4)49(58)54-41-15-9-7-12-32(41)21-42(54)47(56)51-39/h6-9,11-12,14-15,17-19,22-26,34,42H,5,10,13,16,20-21,27-28H2,1-4H3,(H,51,56)/t34-,42-/m0/s1. The normalized spacial score (nSPS) is 16.8. The summed E-state index contributed by atoms with van der Waals surface area (Å²) in [6, 6.07) is 27.4. The molecule has 0 aromatic heterocycles. The van der Waals surface area contributed by atoms with Gasteiger partial charge >= 0.3 is 0 Å². The van der Waals surface area contributed by atoms with E-state index in [0.29, 0.717) is 84.1 Å². The topological polar surface area (TPSA) is 139 Å². The highest BCUT2D eigenvalue weighted by Crippen LogP contribution is 2.43. The number of carbonyl (C=O) groups excluding carboxylic acids is 4. The summed E-state index contributed by atoms with van der Waals surface area (Å²) in [7, 11) is 5.03. The number of nitrogens with zero attached hydrogens (tertiary/aromatic N) is 4. The maximum Gasteiger partial charge on any atom is 0.261 e. The number of para-hydroxylation sites is 2. The molecule has 1 N–H and O–H groups in total. The summed E-state index contributed by atoms with van der Waals surface area (Å²) in [5, 5.41) is 2.97. The van der Waals surface area contributed by atoms with Crippen molar-refractivity contribution < 1.29 is 38.1 Å². The number of methoxy groups -OCH3 is 2. The van der Waals surface area contributed by atoms with Crippen molar-refractivity contribution in [1.82, 2.24) is 0 Å². The van der Waals surface area contributed by atoms with Gasteiger partial charge in [-0.2, -0.15) is 0 Å². The van der Waals surface area contributed by atoms with Gasteiger partial charge in [-0.15, -0.1) is 0 Å². The molecule has 0 bridgehead atoms. The second-order valence-corrected chi connectivity index (χ2v) is 15.9. The number of aliphatic imine (C=N–C) groups is 1. The average Bonchev–Trinajstić information content (AvgIpc) is 3.81. The minimum atomic E-state index is -0.667. The lowest BCUT2D eigenvalue weighted by Gasteiger charge is -2.22. The molecule has 0 saturated heterocycles. The molecular weight excluding hydrogens is 787 g/mol. The molecule has 5 aromatic rings. The number of fused-ring (bicyclic) bond motifs is 8. The van der Waals surface area contributed by atoms with Crippen molar-refractivity contribution in [3.05, 3.63) is 124 Å². The molecule has 0 spiro atoms. The quantitative estimate of drug-likeness (QED) is 0.118. The van der Waals surface area contributed by atoms with Crippen LogP contribution in [0.5, 0.6) is 23.0 Å². The van der Waals surface area contributed by atoms with Crippen LogP contribution < -0.4 is 39.0 Å². The Hall–Kier alpha value is -7.15. The number of Topliss-reactive ketones (excluding diaryl/α,β-unsaturated/α-hetero) is 1. The first-order valence-electron chi connectivity index (χ1n) is 20.9. The van der Waals surface area contributed by atoms with E-state index in [1.165, 1.54) is 7.11 Å². The Morgan fingerprint density at radius 1 is 0.758 bits per heavy atom. The summed E-state index contributed by atoms with van der Waals surface area (Å²) >= 11 is 0. The summed E-state index contributed by atoms with van der Waals surface area (Å²) < 4.78 is 24.4. The van der Waals surface area contributed by atoms with Crippen molar-refractivity contribution >= 4 is 58.2 Å². The Bertz CT molecular complexity index is 2660. The number of hydrogen-bond acceptors (Lipinski definition) is 10. The van der Waals surface area contributed by atoms with E-state index in [2.05, 4.69) is 10.2 Å². The van der Waals surface area contributed by atoms with Gasteiger partial charge in [-0.25, -0.2) is 0 Å². The van der Waals surface area contributed by atoms with Gasteiger partial charge in [0.2, 0.25) is 5.91 Å². The van der Waals surface area contributed by atoms with Crippen LogP contribution >= 0.6 is 0 Å². The molecule has 4 heterocycles. The Labute approximate surface area is 359 Å². The SMILES string of the molecule is CCC(=O)CCCN(C)c1cc(COc2cc3c(cc2OC)C(=O)N2c4ccccc4C[C@H]2C=N3)cc(COc2cc3c(cc2OC)C(=O)N2c4ccccc4C[C@H]2C(=O)N3)c1. The number of ketones is 1. The van der Waals surface area contributed by atoms with Gasteiger partial charge in [-0.05, 0) is 71.1 Å². The van der Waals surface area contributed by atoms with Gasteiger partial charge < -0.3 is 29.2 Å². The third-order valence-corrected chi connectivity index (χ3v) is 12.0. The molecule has 316 valence electrons. The first kappa shape index (κ1) is 40.3. The lowest BCUT2D eigenvalue weighted by atomic mass is 10.1. The molecule has 13 nitrogen and oxygen atoms in total. The number of ether oxygens (including phenoxy) is 4. The number of nitrogens with one attached hydrogen (secondary N) is 1. The molecule has 0 unspecified atom stereocenters. The zero-order chi connectivity index (χ0) is 43.1. The van der Waals surface area contributed by atoms with Crippen LogP contribution in [0.4, 0.5) is 28.4 Å². The summed E-state index contributed by atoms with van der Waals surface area (Å²) in [4.78, 5) is 63.8. The van der Waals surface area contributed by atoms with Gasteiger partial charge in [-0.3, -0.25) is 34.0 Å². The first-order chi connectivity index (χ1) is 30.1. The second-order valence-electron chi connectivity index (χ2n) is 15.9. The van der Waals surface area contributed by atoms with Crippen molar-refractivity contribution in [2.24, 2.45) is 4.99 Å². The molecule has 0 radical (unpaired) electrons. The molecule has 4 aliphatic rings. The summed E-state index contributed by atoms with van der Waals surface area (Å²) in [6.07, 6.45) is 4.65. The van der Waals surface area contributed by atoms with Crippen molar-refractivity contribution in [3.63, 3.8) is 0 Å². The molecule has 9 rings (SSSR count). The molecule has 13 heteroatoms. The lowest BCUT2D eigenvalue weighted by molar-refractivity contribution is -0.119. The molecular formula is C49H47N5O8. The molecule has 4 aliphatic heterocycles. The van der Waals surface area contributed by atoms with Gasteiger partial charge in [0.25, 0.3) is 11.8 Å². The minimum Gasteiger partial charge on any atom is -0.493 e. The van der Waals surface area contributed by atoms with Crippen LogP contribution in [0.1, 0.15) is 69.2 Å². The molecule has 0 fully saturated rings. The third kappa shape index (κ3) is 7.48. The van der Waals surface area contributed by atoms with E-state index in [9.17, 15) is 19.2 Å². The van der Waals surface area contributed by atoms with Crippen LogP contribution in [0.3, 0.4) is 0 Å². The van der Waals surface area contributed by atoms with Gasteiger partial charge in [0.05, 0.1) is 42.8 Å². The van der Waals surface area contributed by atoms with E-state index in [-0.39, 0.29) is 42.8 Å². The summed E-state index contributed by atoms with van der Waals surface area (Å²) in [5.74, 6) is 1.03. The van der Waals surface area contributed by atoms with Crippen molar-refractivity contribution in [2.45, 2.75) is 64.3 Å². The summed E-state index contributed by atoms with van der Waals surface area (Å²) in [6.45, 7) is 2.79. The maximum atomic E-state index is 14.0. The Morgan fingerprint density at radius 2 is 1.37 bits per heavy atom. The maximum absolute atomic E-state index is 14.0. The molecule has 5 aromatic carbocycles. The van der Waals surface area contributed by atoms with E-state index in [1.807, 2.05) is 86.9 Å². The van der Waals surface area contributed by atoms with Crippen molar-refractivity contribution in [2.75, 3.05) is 47.8 Å². The smallest absolute Gasteiger partial charge is 0.261 e. The van der Waals surface area contributed by atoms with Crippen LogP contribution in [0.15, 0.2) is 96.0 Å². The highest BCUT2D eigenvalue weighted by molar-refractivity contribution is 6.20. The number of anilines is 4. The van der Waals surface area contributed by atoms with E-state index >= 15 is 0 Å². The van der Waals surface area contributed by atoms with E-state index < -0.39 is 6.04 Å². The van der Waals surface area contributed by atoms with Crippen molar-refractivity contribution in [3.8, 4) is 23.0 Å². The fourth-order valence-electron chi connectivity index (χ4n) is 8.77. The molecule has 2 atom stereocenters. The zero-order valence-electron chi connectivity index (χ0n) is 35.1. The minimum absolute atomic E-state index is 0.113. The van der Waals surface area contributed by atoms with E-state index in [4.69, 9.17) is 23.9 Å². The van der Waals surface area contributed by atoms with Gasteiger partial charge in [0.1, 0.15) is 25.0 Å². The fraction of sp³-hybridized carbons (Fsp3) is 0.286. The van der Waals surface area contributed by atoms with Gasteiger partial charge in [0.15, 0.2) is 23.0 Å². The lowest BCUT2D eigenvalue weighted by Crippen LogP contribution is -2.42. The van der Waals surface area contributed by atoms with Gasteiger partial charge in [0, 0.05) is 74.7 Å². The van der Waals surface area contributed by atoms with E-state index in [0.717, 1.165) is 39.3 Å². The Morgan fingerprint density at radius 3 is 2.05 bits per heavy atom. The number of benzene rings is 5. The van der Waals surface area contributed by atoms with Crippen LogP contribution in [0, 0.1) is 0 Å². The number of rotatable bonds is 14. The Balaban J connectivity index is 0.978. The largest absolute Gasteiger partial charge is 0.493 e.